The maximum atomic E-state index is 12.2. The Hall–Kier alpha value is -3.21. The summed E-state index contributed by atoms with van der Waals surface area (Å²) in [6.45, 7) is 6.80. The molecule has 5 nitrogen and oxygen atoms in total. The zero-order chi connectivity index (χ0) is 20.1. The van der Waals surface area contributed by atoms with Crippen molar-refractivity contribution in [2.24, 2.45) is 0 Å². The van der Waals surface area contributed by atoms with Crippen LogP contribution in [-0.2, 0) is 10.2 Å². The van der Waals surface area contributed by atoms with Gasteiger partial charge >= 0.3 is 0 Å². The Labute approximate surface area is 165 Å². The molecule has 0 saturated carbocycles. The Morgan fingerprint density at radius 3 is 2.57 bits per heavy atom. The van der Waals surface area contributed by atoms with Crippen molar-refractivity contribution in [2.75, 3.05) is 11.9 Å². The standard InChI is InChI=1S/C23H25NO4/c1-23(2,3)17-7-4-16(5-8-17)6-11-22(26)24-18-9-10-20-21(14-18)27-15-19(28-20)12-13-25/h4-14,19,25H,15H2,1-3H3,(H,24,26)/b11-6+,13-12+. The number of rotatable bonds is 4. The van der Waals surface area contributed by atoms with Gasteiger partial charge in [-0.25, -0.2) is 0 Å². The van der Waals surface area contributed by atoms with Gasteiger partial charge < -0.3 is 19.9 Å². The van der Waals surface area contributed by atoms with Crippen LogP contribution >= 0.6 is 0 Å². The molecule has 1 heterocycles. The van der Waals surface area contributed by atoms with Crippen molar-refractivity contribution < 1.29 is 19.4 Å². The van der Waals surface area contributed by atoms with E-state index in [0.717, 1.165) is 11.8 Å². The fourth-order valence-corrected chi connectivity index (χ4v) is 2.81. The number of ether oxygens (including phenoxy) is 2. The molecule has 2 aromatic rings. The SMILES string of the molecule is CC(C)(C)c1ccc(/C=C/C(=O)Nc2ccc3c(c2)OCC(/C=C/O)O3)cc1. The third-order valence-electron chi connectivity index (χ3n) is 4.40. The number of carbonyl (C=O) groups is 1. The van der Waals surface area contributed by atoms with E-state index in [2.05, 4.69) is 38.2 Å². The molecule has 1 aliphatic heterocycles. The molecule has 0 aliphatic carbocycles. The number of amides is 1. The van der Waals surface area contributed by atoms with E-state index in [9.17, 15) is 4.79 Å². The van der Waals surface area contributed by atoms with Crippen molar-refractivity contribution in [3.05, 3.63) is 72.0 Å². The van der Waals surface area contributed by atoms with Crippen LogP contribution in [0.25, 0.3) is 6.08 Å². The molecule has 0 bridgehead atoms. The summed E-state index contributed by atoms with van der Waals surface area (Å²) in [6, 6.07) is 13.4. The topological polar surface area (TPSA) is 67.8 Å². The lowest BCUT2D eigenvalue weighted by Crippen LogP contribution is -2.27. The minimum absolute atomic E-state index is 0.103. The third kappa shape index (κ3) is 4.94. The molecule has 0 aromatic heterocycles. The first-order chi connectivity index (χ1) is 13.3. The Bertz CT molecular complexity index is 892. The Morgan fingerprint density at radius 2 is 1.89 bits per heavy atom. The van der Waals surface area contributed by atoms with Crippen molar-refractivity contribution in [3.63, 3.8) is 0 Å². The van der Waals surface area contributed by atoms with E-state index in [0.29, 0.717) is 23.8 Å². The largest absolute Gasteiger partial charge is 0.516 e. The molecule has 1 unspecified atom stereocenters. The molecule has 3 rings (SSSR count). The minimum atomic E-state index is -0.328. The average molecular weight is 379 g/mol. The summed E-state index contributed by atoms with van der Waals surface area (Å²) < 4.78 is 11.3. The highest BCUT2D eigenvalue weighted by Crippen LogP contribution is 2.34. The molecule has 0 radical (unpaired) electrons. The lowest BCUT2D eigenvalue weighted by Gasteiger charge is -2.24. The zero-order valence-electron chi connectivity index (χ0n) is 16.3. The molecule has 0 fully saturated rings. The summed E-state index contributed by atoms with van der Waals surface area (Å²) in [4.78, 5) is 12.2. The number of aliphatic hydroxyl groups excluding tert-OH is 1. The van der Waals surface area contributed by atoms with Gasteiger partial charge in [0.15, 0.2) is 17.6 Å². The third-order valence-corrected chi connectivity index (χ3v) is 4.40. The Kier molecular flexibility index (Phi) is 5.73. The molecular weight excluding hydrogens is 354 g/mol. The van der Waals surface area contributed by atoms with Crippen LogP contribution in [0.5, 0.6) is 11.5 Å². The highest BCUT2D eigenvalue weighted by atomic mass is 16.6. The average Bonchev–Trinajstić information content (AvgIpc) is 2.66. The zero-order valence-corrected chi connectivity index (χ0v) is 16.3. The van der Waals surface area contributed by atoms with Crippen LogP contribution in [0, 0.1) is 0 Å². The second-order valence-corrected chi connectivity index (χ2v) is 7.66. The molecule has 0 spiro atoms. The van der Waals surface area contributed by atoms with E-state index in [1.165, 1.54) is 17.7 Å². The first kappa shape index (κ1) is 19.5. The van der Waals surface area contributed by atoms with E-state index in [1.54, 1.807) is 24.3 Å². The summed E-state index contributed by atoms with van der Waals surface area (Å²) in [5.41, 5.74) is 2.94. The van der Waals surface area contributed by atoms with Gasteiger partial charge in [-0.05, 0) is 40.8 Å². The monoisotopic (exact) mass is 379 g/mol. The van der Waals surface area contributed by atoms with Crippen LogP contribution in [0.2, 0.25) is 0 Å². The maximum absolute atomic E-state index is 12.2. The van der Waals surface area contributed by atoms with E-state index in [4.69, 9.17) is 14.6 Å². The summed E-state index contributed by atoms with van der Waals surface area (Å²) >= 11 is 0. The van der Waals surface area contributed by atoms with Gasteiger partial charge in [0.25, 0.3) is 0 Å². The minimum Gasteiger partial charge on any atom is -0.516 e. The molecule has 1 aliphatic rings. The van der Waals surface area contributed by atoms with Gasteiger partial charge in [0.05, 0.1) is 6.26 Å². The molecule has 28 heavy (non-hydrogen) atoms. The number of nitrogens with one attached hydrogen (secondary N) is 1. The van der Waals surface area contributed by atoms with Gasteiger partial charge in [0.1, 0.15) is 6.61 Å². The number of carbonyl (C=O) groups excluding carboxylic acids is 1. The van der Waals surface area contributed by atoms with Crippen LogP contribution < -0.4 is 14.8 Å². The number of hydrogen-bond acceptors (Lipinski definition) is 4. The van der Waals surface area contributed by atoms with E-state index < -0.39 is 0 Å². The van der Waals surface area contributed by atoms with Crippen LogP contribution in [0.3, 0.4) is 0 Å². The van der Waals surface area contributed by atoms with Crippen molar-refractivity contribution in [1.29, 1.82) is 0 Å². The summed E-state index contributed by atoms with van der Waals surface area (Å²) in [6.07, 6.45) is 5.41. The van der Waals surface area contributed by atoms with Gasteiger partial charge in [-0.15, -0.1) is 0 Å². The second kappa shape index (κ2) is 8.21. The lowest BCUT2D eigenvalue weighted by atomic mass is 9.87. The molecule has 2 aromatic carbocycles. The molecule has 1 amide bonds. The van der Waals surface area contributed by atoms with Crippen molar-refractivity contribution in [2.45, 2.75) is 32.3 Å². The number of anilines is 1. The van der Waals surface area contributed by atoms with Crippen molar-refractivity contribution in [1.82, 2.24) is 0 Å². The van der Waals surface area contributed by atoms with Crippen LogP contribution in [0.4, 0.5) is 5.69 Å². The van der Waals surface area contributed by atoms with Crippen LogP contribution in [-0.4, -0.2) is 23.7 Å². The second-order valence-electron chi connectivity index (χ2n) is 7.66. The number of hydrogen-bond donors (Lipinski definition) is 2. The van der Waals surface area contributed by atoms with Crippen LogP contribution in [0.15, 0.2) is 60.9 Å². The molecule has 0 saturated heterocycles. The Balaban J connectivity index is 1.61. The molecule has 5 heteroatoms. The fourth-order valence-electron chi connectivity index (χ4n) is 2.81. The summed E-state index contributed by atoms with van der Waals surface area (Å²) in [7, 11) is 0. The summed E-state index contributed by atoms with van der Waals surface area (Å²) in [5, 5.41) is 11.6. The Morgan fingerprint density at radius 1 is 1.14 bits per heavy atom. The van der Waals surface area contributed by atoms with E-state index in [1.807, 2.05) is 12.1 Å². The molecular formula is C23H25NO4. The maximum Gasteiger partial charge on any atom is 0.248 e. The highest BCUT2D eigenvalue weighted by molar-refractivity contribution is 6.02. The summed E-state index contributed by atoms with van der Waals surface area (Å²) in [5.74, 6) is 0.904. The highest BCUT2D eigenvalue weighted by Gasteiger charge is 2.19. The molecule has 146 valence electrons. The predicted molar refractivity (Wildman–Crippen MR) is 111 cm³/mol. The predicted octanol–water partition coefficient (Wildman–Crippen LogP) is 4.85. The van der Waals surface area contributed by atoms with Gasteiger partial charge in [-0.3, -0.25) is 4.79 Å². The quantitative estimate of drug-likeness (QED) is 0.589. The normalized spacial score (nSPS) is 16.5. The van der Waals surface area contributed by atoms with Gasteiger partial charge in [-0.2, -0.15) is 0 Å². The number of benzene rings is 2. The van der Waals surface area contributed by atoms with Gasteiger partial charge in [-0.1, -0.05) is 45.0 Å². The van der Waals surface area contributed by atoms with Crippen molar-refractivity contribution in [3.8, 4) is 11.5 Å². The number of fused-ring (bicyclic) bond motifs is 1. The van der Waals surface area contributed by atoms with Gasteiger partial charge in [0.2, 0.25) is 5.91 Å². The van der Waals surface area contributed by atoms with Gasteiger partial charge in [0, 0.05) is 17.8 Å². The van der Waals surface area contributed by atoms with E-state index in [-0.39, 0.29) is 17.4 Å². The molecule has 1 atom stereocenters. The molecule has 2 N–H and O–H groups in total. The lowest BCUT2D eigenvalue weighted by molar-refractivity contribution is -0.111. The number of aliphatic hydroxyl groups is 1. The smallest absolute Gasteiger partial charge is 0.248 e. The fraction of sp³-hybridized carbons (Fsp3) is 0.261. The van der Waals surface area contributed by atoms with E-state index >= 15 is 0 Å². The van der Waals surface area contributed by atoms with Crippen LogP contribution in [0.1, 0.15) is 31.9 Å². The first-order valence-electron chi connectivity index (χ1n) is 9.19. The van der Waals surface area contributed by atoms with Crippen molar-refractivity contribution >= 4 is 17.7 Å². The first-order valence-corrected chi connectivity index (χ1v) is 9.19.